The van der Waals surface area contributed by atoms with Crippen LogP contribution in [0, 0.1) is 18.2 Å². The summed E-state index contributed by atoms with van der Waals surface area (Å²) >= 11 is 0. The van der Waals surface area contributed by atoms with Crippen molar-refractivity contribution in [2.75, 3.05) is 0 Å². The molecule has 1 atom stereocenters. The second-order valence-electron chi connectivity index (χ2n) is 6.80. The highest BCUT2D eigenvalue weighted by Crippen LogP contribution is 2.64. The highest BCUT2D eigenvalue weighted by atomic mass is 19.1. The van der Waals surface area contributed by atoms with Crippen LogP contribution in [0.25, 0.3) is 0 Å². The summed E-state index contributed by atoms with van der Waals surface area (Å²) in [4.78, 5) is 21.2. The van der Waals surface area contributed by atoms with Crippen LogP contribution in [-0.2, 0) is 16.8 Å². The standard InChI is InChI=1S/C18H20FN3O/c1-12-8-21-15(9-20-12)10-22-16(23)18(11-17(18,2)3)13-4-6-14(19)7-5-13/h4-9H,10-11H2,1-3H3,(H,22,23). The molecular formula is C18H20FN3O. The molecule has 1 N–H and O–H groups in total. The van der Waals surface area contributed by atoms with E-state index in [1.807, 2.05) is 6.92 Å². The maximum absolute atomic E-state index is 13.2. The highest BCUT2D eigenvalue weighted by molar-refractivity contribution is 5.93. The van der Waals surface area contributed by atoms with Crippen molar-refractivity contribution < 1.29 is 9.18 Å². The van der Waals surface area contributed by atoms with Crippen LogP contribution in [0.15, 0.2) is 36.7 Å². The summed E-state index contributed by atoms with van der Waals surface area (Å²) in [5.41, 5.74) is 1.67. The van der Waals surface area contributed by atoms with Gasteiger partial charge < -0.3 is 5.32 Å². The van der Waals surface area contributed by atoms with Crippen LogP contribution in [0.3, 0.4) is 0 Å². The molecule has 1 aromatic heterocycles. The number of aryl methyl sites for hydroxylation is 1. The number of rotatable bonds is 4. The predicted octanol–water partition coefficient (Wildman–Crippen LogP) is 2.91. The van der Waals surface area contributed by atoms with Crippen LogP contribution >= 0.6 is 0 Å². The van der Waals surface area contributed by atoms with Gasteiger partial charge in [-0.15, -0.1) is 0 Å². The third-order valence-electron chi connectivity index (χ3n) is 4.73. The Kier molecular flexibility index (Phi) is 3.66. The average Bonchev–Trinajstić information content (AvgIpc) is 3.11. The van der Waals surface area contributed by atoms with Crippen LogP contribution in [-0.4, -0.2) is 15.9 Å². The summed E-state index contributed by atoms with van der Waals surface area (Å²) in [5.74, 6) is -0.339. The Labute approximate surface area is 135 Å². The van der Waals surface area contributed by atoms with Crippen molar-refractivity contribution in [1.29, 1.82) is 0 Å². The second kappa shape index (κ2) is 5.41. The fourth-order valence-corrected chi connectivity index (χ4v) is 3.20. The minimum absolute atomic E-state index is 0.0449. The van der Waals surface area contributed by atoms with E-state index < -0.39 is 5.41 Å². The summed E-state index contributed by atoms with van der Waals surface area (Å²) in [7, 11) is 0. The lowest BCUT2D eigenvalue weighted by atomic mass is 9.87. The number of carbonyl (C=O) groups excluding carboxylic acids is 1. The van der Waals surface area contributed by atoms with E-state index in [1.54, 1.807) is 24.5 Å². The first-order chi connectivity index (χ1) is 10.8. The van der Waals surface area contributed by atoms with E-state index in [0.29, 0.717) is 6.54 Å². The van der Waals surface area contributed by atoms with Crippen molar-refractivity contribution in [1.82, 2.24) is 15.3 Å². The zero-order chi connectivity index (χ0) is 16.7. The number of halogens is 1. The van der Waals surface area contributed by atoms with Crippen LogP contribution in [0.4, 0.5) is 4.39 Å². The minimum atomic E-state index is -0.598. The van der Waals surface area contributed by atoms with Crippen LogP contribution < -0.4 is 5.32 Å². The number of aromatic nitrogens is 2. The van der Waals surface area contributed by atoms with Crippen molar-refractivity contribution in [3.8, 4) is 0 Å². The van der Waals surface area contributed by atoms with Gasteiger partial charge in [0.05, 0.1) is 29.5 Å². The number of benzene rings is 1. The van der Waals surface area contributed by atoms with E-state index in [0.717, 1.165) is 23.4 Å². The van der Waals surface area contributed by atoms with Gasteiger partial charge in [-0.1, -0.05) is 26.0 Å². The molecule has 0 radical (unpaired) electrons. The highest BCUT2D eigenvalue weighted by Gasteiger charge is 2.66. The maximum atomic E-state index is 13.2. The first-order valence-corrected chi connectivity index (χ1v) is 7.67. The van der Waals surface area contributed by atoms with Gasteiger partial charge in [-0.05, 0) is 36.5 Å². The average molecular weight is 313 g/mol. The van der Waals surface area contributed by atoms with Gasteiger partial charge in [0, 0.05) is 6.20 Å². The van der Waals surface area contributed by atoms with Crippen molar-refractivity contribution >= 4 is 5.91 Å². The summed E-state index contributed by atoms with van der Waals surface area (Å²) in [6.07, 6.45) is 4.09. The molecule has 0 bridgehead atoms. The molecule has 1 aliphatic rings. The topological polar surface area (TPSA) is 54.9 Å². The zero-order valence-corrected chi connectivity index (χ0v) is 13.6. The van der Waals surface area contributed by atoms with Gasteiger partial charge in [0.2, 0.25) is 5.91 Å². The van der Waals surface area contributed by atoms with E-state index in [2.05, 4.69) is 29.1 Å². The maximum Gasteiger partial charge on any atom is 0.231 e. The van der Waals surface area contributed by atoms with Gasteiger partial charge in [0.25, 0.3) is 0 Å². The van der Waals surface area contributed by atoms with Gasteiger partial charge in [-0.2, -0.15) is 0 Å². The molecular weight excluding hydrogens is 293 g/mol. The molecule has 1 aromatic carbocycles. The van der Waals surface area contributed by atoms with Crippen LogP contribution in [0.1, 0.15) is 37.2 Å². The Bertz CT molecular complexity index is 725. The third kappa shape index (κ3) is 2.71. The molecule has 0 saturated heterocycles. The molecule has 0 spiro atoms. The minimum Gasteiger partial charge on any atom is -0.350 e. The predicted molar refractivity (Wildman–Crippen MR) is 85.1 cm³/mol. The van der Waals surface area contributed by atoms with Gasteiger partial charge in [-0.25, -0.2) is 4.39 Å². The van der Waals surface area contributed by atoms with Gasteiger partial charge in [0.1, 0.15) is 5.82 Å². The Morgan fingerprint density at radius 1 is 1.22 bits per heavy atom. The van der Waals surface area contributed by atoms with Crippen molar-refractivity contribution in [2.45, 2.75) is 39.2 Å². The monoisotopic (exact) mass is 313 g/mol. The Morgan fingerprint density at radius 3 is 2.39 bits per heavy atom. The zero-order valence-electron chi connectivity index (χ0n) is 13.6. The fraction of sp³-hybridized carbons (Fsp3) is 0.389. The Balaban J connectivity index is 1.78. The summed E-state index contributed by atoms with van der Waals surface area (Å²) < 4.78 is 13.2. The molecule has 1 aliphatic carbocycles. The number of nitrogens with one attached hydrogen (secondary N) is 1. The third-order valence-corrected chi connectivity index (χ3v) is 4.73. The molecule has 2 aromatic rings. The van der Waals surface area contributed by atoms with Gasteiger partial charge in [0.15, 0.2) is 0 Å². The van der Waals surface area contributed by atoms with E-state index in [9.17, 15) is 9.18 Å². The number of carbonyl (C=O) groups is 1. The molecule has 1 heterocycles. The van der Waals surface area contributed by atoms with Crippen molar-refractivity contribution in [2.24, 2.45) is 5.41 Å². The quantitative estimate of drug-likeness (QED) is 0.944. The van der Waals surface area contributed by atoms with E-state index in [4.69, 9.17) is 0 Å². The van der Waals surface area contributed by atoms with Crippen LogP contribution in [0.5, 0.6) is 0 Å². The molecule has 0 aliphatic heterocycles. The molecule has 5 heteroatoms. The first-order valence-electron chi connectivity index (χ1n) is 7.67. The van der Waals surface area contributed by atoms with Crippen molar-refractivity contribution in [3.05, 3.63) is 59.4 Å². The van der Waals surface area contributed by atoms with E-state index >= 15 is 0 Å². The van der Waals surface area contributed by atoms with Crippen molar-refractivity contribution in [3.63, 3.8) is 0 Å². The summed E-state index contributed by atoms with van der Waals surface area (Å²) in [5, 5.41) is 2.95. The molecule has 1 fully saturated rings. The Hall–Kier alpha value is -2.30. The van der Waals surface area contributed by atoms with E-state index in [1.165, 1.54) is 12.1 Å². The summed E-state index contributed by atoms with van der Waals surface area (Å²) in [6, 6.07) is 6.22. The van der Waals surface area contributed by atoms with E-state index in [-0.39, 0.29) is 17.1 Å². The molecule has 1 unspecified atom stereocenters. The van der Waals surface area contributed by atoms with Gasteiger partial charge >= 0.3 is 0 Å². The first kappa shape index (κ1) is 15.6. The normalized spacial score (nSPS) is 21.7. The lowest BCUT2D eigenvalue weighted by molar-refractivity contribution is -0.124. The lowest BCUT2D eigenvalue weighted by Crippen LogP contribution is -2.37. The SMILES string of the molecule is Cc1cnc(CNC(=O)C2(c3ccc(F)cc3)CC2(C)C)cn1. The smallest absolute Gasteiger partial charge is 0.231 e. The molecule has 4 nitrogen and oxygen atoms in total. The van der Waals surface area contributed by atoms with Crippen LogP contribution in [0.2, 0.25) is 0 Å². The number of hydrogen-bond acceptors (Lipinski definition) is 3. The Morgan fingerprint density at radius 2 is 1.87 bits per heavy atom. The van der Waals surface area contributed by atoms with Gasteiger partial charge in [-0.3, -0.25) is 14.8 Å². The number of nitrogens with zero attached hydrogens (tertiary/aromatic N) is 2. The molecule has 3 rings (SSSR count). The fourth-order valence-electron chi connectivity index (χ4n) is 3.20. The lowest BCUT2D eigenvalue weighted by Gasteiger charge is -2.20. The largest absolute Gasteiger partial charge is 0.350 e. The number of amides is 1. The molecule has 23 heavy (non-hydrogen) atoms. The summed E-state index contributed by atoms with van der Waals surface area (Å²) in [6.45, 7) is 6.32. The molecule has 1 saturated carbocycles. The molecule has 120 valence electrons. The molecule has 1 amide bonds. The second-order valence-corrected chi connectivity index (χ2v) is 6.80. The number of hydrogen-bond donors (Lipinski definition) is 1.